The minimum absolute atomic E-state index is 0.0336. The summed E-state index contributed by atoms with van der Waals surface area (Å²) in [7, 11) is 1.26. The number of ether oxygens (including phenoxy) is 1. The third kappa shape index (κ3) is 3.52. The molecule has 1 amide bonds. The van der Waals surface area contributed by atoms with Crippen LogP contribution >= 0.6 is 11.6 Å². The first-order valence-electron chi connectivity index (χ1n) is 6.78. The Morgan fingerprint density at radius 2 is 1.92 bits per heavy atom. The van der Waals surface area contributed by atoms with Gasteiger partial charge in [-0.15, -0.1) is 0 Å². The number of esters is 1. The predicted molar refractivity (Wildman–Crippen MR) is 88.6 cm³/mol. The molecule has 2 rings (SSSR count). The van der Waals surface area contributed by atoms with Crippen LogP contribution in [0.2, 0.25) is 5.02 Å². The molecule has 1 N–H and O–H groups in total. The van der Waals surface area contributed by atoms with Crippen LogP contribution in [-0.2, 0) is 4.74 Å². The summed E-state index contributed by atoms with van der Waals surface area (Å²) in [5.41, 5.74) is 0.920. The van der Waals surface area contributed by atoms with Gasteiger partial charge in [0, 0.05) is 17.8 Å². The molecule has 0 radical (unpaired) electrons. The molecule has 0 atom stereocenters. The molecule has 0 heterocycles. The number of carbonyl (C=O) groups excluding carboxylic acids is 2. The van der Waals surface area contributed by atoms with Gasteiger partial charge in [0.25, 0.3) is 11.6 Å². The average Bonchev–Trinajstić information content (AvgIpc) is 2.56. The molecule has 0 saturated heterocycles. The Morgan fingerprint density at radius 1 is 1.21 bits per heavy atom. The van der Waals surface area contributed by atoms with Crippen LogP contribution in [0, 0.1) is 17.0 Å². The van der Waals surface area contributed by atoms with Gasteiger partial charge in [-0.3, -0.25) is 14.9 Å². The predicted octanol–water partition coefficient (Wildman–Crippen LogP) is 3.60. The molecule has 24 heavy (non-hydrogen) atoms. The lowest BCUT2D eigenvalue weighted by Gasteiger charge is -2.12. The zero-order valence-electron chi connectivity index (χ0n) is 12.8. The van der Waals surface area contributed by atoms with Gasteiger partial charge < -0.3 is 10.1 Å². The van der Waals surface area contributed by atoms with Crippen molar-refractivity contribution in [2.24, 2.45) is 0 Å². The Morgan fingerprint density at radius 3 is 2.54 bits per heavy atom. The monoisotopic (exact) mass is 348 g/mol. The smallest absolute Gasteiger partial charge is 0.338 e. The van der Waals surface area contributed by atoms with Gasteiger partial charge in [0.15, 0.2) is 0 Å². The van der Waals surface area contributed by atoms with Crippen LogP contribution in [0.1, 0.15) is 26.3 Å². The van der Waals surface area contributed by atoms with E-state index in [0.29, 0.717) is 16.8 Å². The fraction of sp³-hybridized carbons (Fsp3) is 0.125. The number of hydrogen-bond acceptors (Lipinski definition) is 5. The Balaban J connectivity index is 2.36. The number of methoxy groups -OCH3 is 1. The first-order chi connectivity index (χ1) is 11.3. The number of hydrogen-bond donors (Lipinski definition) is 1. The number of halogens is 1. The molecule has 0 aliphatic carbocycles. The molecule has 0 saturated carbocycles. The fourth-order valence-corrected chi connectivity index (χ4v) is 2.30. The van der Waals surface area contributed by atoms with E-state index in [-0.39, 0.29) is 16.3 Å². The lowest BCUT2D eigenvalue weighted by Crippen LogP contribution is -2.15. The number of rotatable bonds is 4. The molecule has 0 fully saturated rings. The normalized spacial score (nSPS) is 10.1. The summed E-state index contributed by atoms with van der Waals surface area (Å²) < 4.78 is 4.68. The van der Waals surface area contributed by atoms with Crippen LogP contribution < -0.4 is 5.32 Å². The first-order valence-corrected chi connectivity index (χ1v) is 7.16. The summed E-state index contributed by atoms with van der Waals surface area (Å²) >= 11 is 5.95. The summed E-state index contributed by atoms with van der Waals surface area (Å²) in [6, 6.07) is 8.34. The molecule has 7 nitrogen and oxygen atoms in total. The van der Waals surface area contributed by atoms with Gasteiger partial charge in [-0.2, -0.15) is 0 Å². The van der Waals surface area contributed by atoms with Gasteiger partial charge >= 0.3 is 5.97 Å². The zero-order valence-corrected chi connectivity index (χ0v) is 13.6. The SMILES string of the molecule is COC(=O)c1cccc(NC(=O)c2cc([N+](=O)[O-])ccc2Cl)c1C. The summed E-state index contributed by atoms with van der Waals surface area (Å²) in [6.07, 6.45) is 0. The topological polar surface area (TPSA) is 98.5 Å². The van der Waals surface area contributed by atoms with Crippen LogP contribution in [0.15, 0.2) is 36.4 Å². The molecule has 0 aliphatic rings. The summed E-state index contributed by atoms with van der Waals surface area (Å²) in [4.78, 5) is 34.3. The van der Waals surface area contributed by atoms with Crippen molar-refractivity contribution in [1.29, 1.82) is 0 Å². The van der Waals surface area contributed by atoms with E-state index in [2.05, 4.69) is 10.1 Å². The minimum Gasteiger partial charge on any atom is -0.465 e. The maximum atomic E-state index is 12.4. The zero-order chi connectivity index (χ0) is 17.9. The highest BCUT2D eigenvalue weighted by atomic mass is 35.5. The number of nitrogens with zero attached hydrogens (tertiary/aromatic N) is 1. The highest BCUT2D eigenvalue weighted by Gasteiger charge is 2.18. The van der Waals surface area contributed by atoms with Crippen molar-refractivity contribution in [3.63, 3.8) is 0 Å². The lowest BCUT2D eigenvalue weighted by molar-refractivity contribution is -0.384. The number of anilines is 1. The second-order valence-corrected chi connectivity index (χ2v) is 5.25. The molecule has 8 heteroatoms. The van der Waals surface area contributed by atoms with E-state index < -0.39 is 16.8 Å². The molecular weight excluding hydrogens is 336 g/mol. The van der Waals surface area contributed by atoms with Crippen molar-refractivity contribution in [3.05, 3.63) is 68.2 Å². The van der Waals surface area contributed by atoms with E-state index in [1.807, 2.05) is 0 Å². The Labute approximate surface area is 142 Å². The third-order valence-electron chi connectivity index (χ3n) is 3.39. The second-order valence-electron chi connectivity index (χ2n) is 4.85. The van der Waals surface area contributed by atoms with Crippen molar-refractivity contribution >= 4 is 34.9 Å². The number of nitro groups is 1. The molecule has 124 valence electrons. The van der Waals surface area contributed by atoms with E-state index in [1.165, 1.54) is 19.2 Å². The van der Waals surface area contributed by atoms with Gasteiger partial charge in [-0.05, 0) is 30.7 Å². The van der Waals surface area contributed by atoms with E-state index >= 15 is 0 Å². The number of nitrogens with one attached hydrogen (secondary N) is 1. The number of nitro benzene ring substituents is 1. The molecule has 2 aromatic rings. The molecule has 2 aromatic carbocycles. The molecule has 0 unspecified atom stereocenters. The maximum absolute atomic E-state index is 12.4. The standard InChI is InChI=1S/C16H13ClN2O5/c1-9-11(16(21)24-2)4-3-5-14(9)18-15(20)12-8-10(19(22)23)6-7-13(12)17/h3-8H,1-2H3,(H,18,20). The quantitative estimate of drug-likeness (QED) is 0.517. The van der Waals surface area contributed by atoms with Gasteiger partial charge in [0.1, 0.15) is 0 Å². The van der Waals surface area contributed by atoms with Gasteiger partial charge in [-0.25, -0.2) is 4.79 Å². The van der Waals surface area contributed by atoms with Crippen molar-refractivity contribution in [3.8, 4) is 0 Å². The maximum Gasteiger partial charge on any atom is 0.338 e. The van der Waals surface area contributed by atoms with E-state index in [0.717, 1.165) is 6.07 Å². The number of benzene rings is 2. The van der Waals surface area contributed by atoms with Crippen molar-refractivity contribution in [1.82, 2.24) is 0 Å². The van der Waals surface area contributed by atoms with Gasteiger partial charge in [0.05, 0.1) is 28.2 Å². The van der Waals surface area contributed by atoms with Crippen molar-refractivity contribution in [2.75, 3.05) is 12.4 Å². The van der Waals surface area contributed by atoms with Crippen LogP contribution in [0.3, 0.4) is 0 Å². The Hall–Kier alpha value is -2.93. The summed E-state index contributed by atoms with van der Waals surface area (Å²) in [5.74, 6) is -1.15. The van der Waals surface area contributed by atoms with E-state index in [4.69, 9.17) is 11.6 Å². The summed E-state index contributed by atoms with van der Waals surface area (Å²) in [5, 5.41) is 13.5. The minimum atomic E-state index is -0.617. The van der Waals surface area contributed by atoms with Gasteiger partial charge in [0.2, 0.25) is 0 Å². The fourth-order valence-electron chi connectivity index (χ4n) is 2.09. The van der Waals surface area contributed by atoms with Crippen LogP contribution in [0.4, 0.5) is 11.4 Å². The molecule has 0 bridgehead atoms. The van der Waals surface area contributed by atoms with Crippen molar-refractivity contribution in [2.45, 2.75) is 6.92 Å². The Kier molecular flexibility index (Phi) is 5.15. The van der Waals surface area contributed by atoms with Crippen LogP contribution in [0.25, 0.3) is 0 Å². The number of non-ortho nitro benzene ring substituents is 1. The first kappa shape index (κ1) is 17.4. The number of carbonyl (C=O) groups is 2. The van der Waals surface area contributed by atoms with E-state index in [1.54, 1.807) is 25.1 Å². The Bertz CT molecular complexity index is 835. The number of amides is 1. The van der Waals surface area contributed by atoms with Crippen molar-refractivity contribution < 1.29 is 19.2 Å². The molecule has 0 spiro atoms. The highest BCUT2D eigenvalue weighted by molar-refractivity contribution is 6.34. The van der Waals surface area contributed by atoms with E-state index in [9.17, 15) is 19.7 Å². The average molecular weight is 349 g/mol. The van der Waals surface area contributed by atoms with Crippen LogP contribution in [0.5, 0.6) is 0 Å². The molecule has 0 aliphatic heterocycles. The molecule has 0 aromatic heterocycles. The highest BCUT2D eigenvalue weighted by Crippen LogP contribution is 2.25. The second kappa shape index (κ2) is 7.10. The third-order valence-corrected chi connectivity index (χ3v) is 3.72. The summed E-state index contributed by atoms with van der Waals surface area (Å²) in [6.45, 7) is 1.65. The largest absolute Gasteiger partial charge is 0.465 e. The molecular formula is C16H13ClN2O5. The van der Waals surface area contributed by atoms with Gasteiger partial charge in [-0.1, -0.05) is 17.7 Å². The lowest BCUT2D eigenvalue weighted by atomic mass is 10.1. The van der Waals surface area contributed by atoms with Crippen LogP contribution in [-0.4, -0.2) is 23.9 Å².